The average molecular weight is 635 g/mol. The first-order chi connectivity index (χ1) is 24.0. The molecule has 0 N–H and O–H groups in total. The maximum atomic E-state index is 5.02. The summed E-state index contributed by atoms with van der Waals surface area (Å²) in [6.45, 7) is 10.2. The van der Waals surface area contributed by atoms with Crippen molar-refractivity contribution in [2.24, 2.45) is 4.99 Å². The van der Waals surface area contributed by atoms with Crippen molar-refractivity contribution in [2.75, 3.05) is 0 Å². The summed E-state index contributed by atoms with van der Waals surface area (Å²) < 4.78 is 0. The molecule has 0 saturated carbocycles. The molecule has 0 bridgehead atoms. The molecule has 4 heteroatoms. The number of allylic oxidation sites excluding steroid dienone is 8. The molecule has 1 heterocycles. The van der Waals surface area contributed by atoms with Gasteiger partial charge < -0.3 is 0 Å². The number of aromatic nitrogens is 3. The topological polar surface area (TPSA) is 51.0 Å². The van der Waals surface area contributed by atoms with Gasteiger partial charge >= 0.3 is 0 Å². The van der Waals surface area contributed by atoms with Crippen LogP contribution in [0.25, 0.3) is 67.5 Å². The molecular weight excluding hydrogens is 597 g/mol. The lowest BCUT2D eigenvalue weighted by molar-refractivity contribution is 1.04. The van der Waals surface area contributed by atoms with Gasteiger partial charge in [-0.2, -0.15) is 0 Å². The van der Waals surface area contributed by atoms with E-state index in [1.54, 1.807) is 6.21 Å². The van der Waals surface area contributed by atoms with Crippen molar-refractivity contribution in [3.05, 3.63) is 175 Å². The van der Waals surface area contributed by atoms with E-state index in [0.29, 0.717) is 23.0 Å². The summed E-state index contributed by atoms with van der Waals surface area (Å²) in [6.07, 6.45) is 15.7. The summed E-state index contributed by atoms with van der Waals surface area (Å²) in [5.74, 6) is 1.72. The maximum absolute atomic E-state index is 5.02. The van der Waals surface area contributed by atoms with Crippen LogP contribution in [0.1, 0.15) is 32.2 Å². The van der Waals surface area contributed by atoms with Crippen LogP contribution in [-0.2, 0) is 0 Å². The number of fused-ring (bicyclic) bond motifs is 1. The highest BCUT2D eigenvalue weighted by Gasteiger charge is 2.15. The predicted molar refractivity (Wildman–Crippen MR) is 209 cm³/mol. The molecule has 1 aromatic heterocycles. The Kier molecular flexibility index (Phi) is 10.4. The van der Waals surface area contributed by atoms with Crippen molar-refractivity contribution in [1.82, 2.24) is 15.0 Å². The quantitative estimate of drug-likeness (QED) is 0.111. The molecule has 49 heavy (non-hydrogen) atoms. The highest BCUT2D eigenvalue weighted by molar-refractivity contribution is 5.89. The Balaban J connectivity index is 1.49. The van der Waals surface area contributed by atoms with Gasteiger partial charge in [-0.05, 0) is 89.7 Å². The Morgan fingerprint density at radius 2 is 1.24 bits per heavy atom. The molecule has 0 spiro atoms. The molecule has 238 valence electrons. The SMILES string of the molecule is C=C(/C=C\C=C/C)c1nc(-c2ccccc2)nc(-c2cc(-c3ccc(/C=C/C=C(C)\N=C/C)cc3)cc(-c3ccc4ccccc4c3)c2)n1. The van der Waals surface area contributed by atoms with Gasteiger partial charge in [-0.3, -0.25) is 4.99 Å². The summed E-state index contributed by atoms with van der Waals surface area (Å²) in [5.41, 5.74) is 8.95. The molecule has 0 unspecified atom stereocenters. The largest absolute Gasteiger partial charge is 0.266 e. The summed E-state index contributed by atoms with van der Waals surface area (Å²) in [7, 11) is 0. The molecule has 5 aromatic carbocycles. The third kappa shape index (κ3) is 8.19. The zero-order valence-corrected chi connectivity index (χ0v) is 28.1. The van der Waals surface area contributed by atoms with Gasteiger partial charge in [-0.1, -0.05) is 134 Å². The van der Waals surface area contributed by atoms with Crippen LogP contribution in [0.15, 0.2) is 169 Å². The smallest absolute Gasteiger partial charge is 0.164 e. The number of hydrogen-bond acceptors (Lipinski definition) is 4. The van der Waals surface area contributed by atoms with E-state index in [1.807, 2.05) is 87.6 Å². The van der Waals surface area contributed by atoms with Gasteiger partial charge in [0.15, 0.2) is 17.5 Å². The van der Waals surface area contributed by atoms with Gasteiger partial charge in [-0.15, -0.1) is 0 Å². The van der Waals surface area contributed by atoms with Crippen LogP contribution in [0.5, 0.6) is 0 Å². The van der Waals surface area contributed by atoms with Gasteiger partial charge in [-0.25, -0.2) is 15.0 Å². The third-order valence-corrected chi connectivity index (χ3v) is 8.03. The molecular formula is C45H38N4. The van der Waals surface area contributed by atoms with E-state index in [2.05, 4.69) is 103 Å². The normalized spacial score (nSPS) is 12.3. The third-order valence-electron chi connectivity index (χ3n) is 8.03. The van der Waals surface area contributed by atoms with Crippen molar-refractivity contribution in [2.45, 2.75) is 20.8 Å². The number of nitrogens with zero attached hydrogens (tertiary/aromatic N) is 4. The number of aliphatic imine (C=N–C) groups is 1. The molecule has 6 aromatic rings. The fourth-order valence-corrected chi connectivity index (χ4v) is 5.51. The summed E-state index contributed by atoms with van der Waals surface area (Å²) in [6, 6.07) is 40.2. The molecule has 0 aliphatic heterocycles. The number of hydrogen-bond donors (Lipinski definition) is 0. The standard InChI is InChI=1S/C45H38N4/c1-5-7-9-15-32(3)43-47-44(37-19-10-8-11-20-37)49-45(48-43)42-30-40(36-24-22-34(23-25-36)17-14-16-33(4)46-6-2)29-41(31-42)39-27-26-35-18-12-13-21-38(35)28-39/h5-31H,3H2,1-2,4H3/b7-5-,15-9-,17-14+,33-16-,46-6-. The zero-order valence-electron chi connectivity index (χ0n) is 28.1. The average Bonchev–Trinajstić information content (AvgIpc) is 3.15. The second-order valence-electron chi connectivity index (χ2n) is 11.6. The Hall–Kier alpha value is -6.26. The van der Waals surface area contributed by atoms with Crippen LogP contribution < -0.4 is 0 Å². The van der Waals surface area contributed by atoms with E-state index in [0.717, 1.165) is 44.6 Å². The van der Waals surface area contributed by atoms with E-state index in [1.165, 1.54) is 10.8 Å². The highest BCUT2D eigenvalue weighted by atomic mass is 15.0. The van der Waals surface area contributed by atoms with E-state index in [4.69, 9.17) is 15.0 Å². The molecule has 0 amide bonds. The Labute approximate surface area is 289 Å². The fourth-order valence-electron chi connectivity index (χ4n) is 5.51. The first-order valence-corrected chi connectivity index (χ1v) is 16.4. The minimum absolute atomic E-state index is 0.535. The van der Waals surface area contributed by atoms with Crippen LogP contribution in [0.4, 0.5) is 0 Å². The van der Waals surface area contributed by atoms with Gasteiger partial charge in [0, 0.05) is 28.6 Å². The van der Waals surface area contributed by atoms with E-state index < -0.39 is 0 Å². The van der Waals surface area contributed by atoms with Crippen molar-refractivity contribution >= 4 is 28.6 Å². The van der Waals surface area contributed by atoms with E-state index in [-0.39, 0.29) is 0 Å². The lowest BCUT2D eigenvalue weighted by atomic mass is 9.94. The monoisotopic (exact) mass is 634 g/mol. The fraction of sp³-hybridized carbons (Fsp3) is 0.0667. The lowest BCUT2D eigenvalue weighted by Gasteiger charge is -2.13. The first-order valence-electron chi connectivity index (χ1n) is 16.4. The highest BCUT2D eigenvalue weighted by Crippen LogP contribution is 2.34. The molecule has 0 atom stereocenters. The Morgan fingerprint density at radius 3 is 1.98 bits per heavy atom. The first kappa shape index (κ1) is 32.7. The number of benzene rings is 5. The van der Waals surface area contributed by atoms with Crippen LogP contribution in [-0.4, -0.2) is 21.2 Å². The Bertz CT molecular complexity index is 2250. The van der Waals surface area contributed by atoms with Crippen molar-refractivity contribution in [3.63, 3.8) is 0 Å². The predicted octanol–water partition coefficient (Wildman–Crippen LogP) is 11.8. The molecule has 4 nitrogen and oxygen atoms in total. The van der Waals surface area contributed by atoms with Crippen molar-refractivity contribution in [1.29, 1.82) is 0 Å². The van der Waals surface area contributed by atoms with E-state index >= 15 is 0 Å². The van der Waals surface area contributed by atoms with Crippen LogP contribution >= 0.6 is 0 Å². The van der Waals surface area contributed by atoms with Gasteiger partial charge in [0.05, 0.1) is 0 Å². The molecule has 0 saturated heterocycles. The molecule has 0 aliphatic rings. The molecule has 0 radical (unpaired) electrons. The van der Waals surface area contributed by atoms with E-state index in [9.17, 15) is 0 Å². The zero-order chi connectivity index (χ0) is 34.0. The van der Waals surface area contributed by atoms with Crippen LogP contribution in [0, 0.1) is 0 Å². The molecule has 0 fully saturated rings. The minimum atomic E-state index is 0.535. The minimum Gasteiger partial charge on any atom is -0.266 e. The summed E-state index contributed by atoms with van der Waals surface area (Å²) >= 11 is 0. The Morgan fingerprint density at radius 1 is 0.592 bits per heavy atom. The summed E-state index contributed by atoms with van der Waals surface area (Å²) in [5, 5.41) is 2.40. The second kappa shape index (κ2) is 15.6. The number of rotatable bonds is 10. The lowest BCUT2D eigenvalue weighted by Crippen LogP contribution is -2.02. The summed E-state index contributed by atoms with van der Waals surface area (Å²) in [4.78, 5) is 19.2. The van der Waals surface area contributed by atoms with Gasteiger partial charge in [0.1, 0.15) is 0 Å². The van der Waals surface area contributed by atoms with Crippen LogP contribution in [0.3, 0.4) is 0 Å². The van der Waals surface area contributed by atoms with Gasteiger partial charge in [0.25, 0.3) is 0 Å². The molecule has 6 rings (SSSR count). The van der Waals surface area contributed by atoms with Crippen molar-refractivity contribution in [3.8, 4) is 45.0 Å². The van der Waals surface area contributed by atoms with Crippen molar-refractivity contribution < 1.29 is 0 Å². The van der Waals surface area contributed by atoms with Crippen LogP contribution in [0.2, 0.25) is 0 Å². The second-order valence-corrected chi connectivity index (χ2v) is 11.6. The van der Waals surface area contributed by atoms with Gasteiger partial charge in [0.2, 0.25) is 0 Å². The maximum Gasteiger partial charge on any atom is 0.164 e. The molecule has 0 aliphatic carbocycles.